The Morgan fingerprint density at radius 2 is 1.88 bits per heavy atom. The molecule has 1 aromatic carbocycles. The van der Waals surface area contributed by atoms with E-state index in [1.807, 2.05) is 47.6 Å². The first-order valence-electron chi connectivity index (χ1n) is 11.5. The number of nitrogens with zero attached hydrogens (tertiary/aromatic N) is 4. The smallest absolute Gasteiger partial charge is 0.338 e. The fraction of sp³-hybridized carbons (Fsp3) is 0.480. The summed E-state index contributed by atoms with van der Waals surface area (Å²) in [5.74, 6) is -0.256. The van der Waals surface area contributed by atoms with Crippen molar-refractivity contribution in [3.05, 3.63) is 58.3 Å². The molecule has 3 heterocycles. The van der Waals surface area contributed by atoms with Crippen molar-refractivity contribution < 1.29 is 14.3 Å². The van der Waals surface area contributed by atoms with Gasteiger partial charge in [-0.2, -0.15) is 0 Å². The van der Waals surface area contributed by atoms with Crippen molar-refractivity contribution in [1.29, 1.82) is 0 Å². The normalized spacial score (nSPS) is 21.2. The lowest BCUT2D eigenvalue weighted by Gasteiger charge is -2.38. The molecule has 3 aliphatic rings. The second kappa shape index (κ2) is 10.1. The number of allylic oxidation sites excluding steroid dienone is 1. The fourth-order valence-corrected chi connectivity index (χ4v) is 5.70. The summed E-state index contributed by atoms with van der Waals surface area (Å²) in [7, 11) is 5.60. The van der Waals surface area contributed by atoms with Gasteiger partial charge in [-0.3, -0.25) is 4.79 Å². The Morgan fingerprint density at radius 1 is 1.18 bits per heavy atom. The molecule has 0 saturated carbocycles. The van der Waals surface area contributed by atoms with Crippen LogP contribution in [-0.4, -0.2) is 72.1 Å². The van der Waals surface area contributed by atoms with E-state index in [4.69, 9.17) is 9.73 Å². The zero-order valence-corrected chi connectivity index (χ0v) is 20.6. The number of thioether (sulfide) groups is 1. The van der Waals surface area contributed by atoms with Crippen molar-refractivity contribution in [1.82, 2.24) is 14.7 Å². The molecule has 3 aliphatic heterocycles. The third-order valence-electron chi connectivity index (χ3n) is 6.62. The topological polar surface area (TPSA) is 65.5 Å². The van der Waals surface area contributed by atoms with Gasteiger partial charge >= 0.3 is 5.97 Å². The third kappa shape index (κ3) is 4.73. The fourth-order valence-electron chi connectivity index (χ4n) is 4.76. The van der Waals surface area contributed by atoms with E-state index in [2.05, 4.69) is 23.9 Å². The molecule has 176 valence electrons. The minimum atomic E-state index is -0.378. The van der Waals surface area contributed by atoms with Crippen LogP contribution < -0.4 is 0 Å². The molecule has 1 saturated heterocycles. The highest BCUT2D eigenvalue weighted by Gasteiger charge is 2.41. The van der Waals surface area contributed by atoms with E-state index in [0.717, 1.165) is 48.1 Å². The van der Waals surface area contributed by atoms with E-state index in [9.17, 15) is 9.59 Å². The number of piperidine rings is 1. The molecule has 0 radical (unpaired) electrons. The lowest BCUT2D eigenvalue weighted by atomic mass is 9.93. The molecule has 0 aliphatic carbocycles. The second-order valence-corrected chi connectivity index (χ2v) is 9.60. The minimum absolute atomic E-state index is 0.122. The van der Waals surface area contributed by atoms with Gasteiger partial charge in [0.05, 0.1) is 30.8 Å². The van der Waals surface area contributed by atoms with Crippen LogP contribution in [-0.2, 0) is 14.3 Å². The molecule has 0 spiro atoms. The quantitative estimate of drug-likeness (QED) is 0.592. The molecule has 33 heavy (non-hydrogen) atoms. The molecular weight excluding hydrogens is 436 g/mol. The Bertz CT molecular complexity index is 994. The number of amides is 1. The Morgan fingerprint density at radius 3 is 2.48 bits per heavy atom. The average Bonchev–Trinajstić information content (AvgIpc) is 3.24. The number of fused-ring (bicyclic) bond motifs is 1. The van der Waals surface area contributed by atoms with Gasteiger partial charge in [0.1, 0.15) is 0 Å². The minimum Gasteiger partial charge on any atom is -0.466 e. The van der Waals surface area contributed by atoms with Crippen LogP contribution in [0.25, 0.3) is 0 Å². The van der Waals surface area contributed by atoms with E-state index in [1.165, 1.54) is 18.9 Å². The molecule has 0 N–H and O–H groups in total. The predicted molar refractivity (Wildman–Crippen MR) is 131 cm³/mol. The highest BCUT2D eigenvalue weighted by atomic mass is 32.2. The molecule has 8 heteroatoms. The summed E-state index contributed by atoms with van der Waals surface area (Å²) < 4.78 is 5.16. The van der Waals surface area contributed by atoms with Gasteiger partial charge in [0.25, 0.3) is 0 Å². The van der Waals surface area contributed by atoms with E-state index in [0.29, 0.717) is 18.0 Å². The standard InChI is InChI=1S/C25H32N4O3S/c1-5-20-22(24(31)32-4)23(17-9-7-6-8-10-17)29-19(16-33-25(29)26-20)15-21(30)28-13-11-18(12-14-28)27(2)3/h6-10,16,18,23H,5,11-15H2,1-4H3. The number of esters is 1. The zero-order chi connectivity index (χ0) is 23.5. The number of aliphatic imine (C=N–C) groups is 1. The number of ether oxygens (including phenoxy) is 1. The van der Waals surface area contributed by atoms with Gasteiger partial charge in [-0.25, -0.2) is 9.79 Å². The SMILES string of the molecule is CCC1=C(C(=O)OC)C(c2ccccc2)N2C(CC(=O)N3CCC(N(C)C)CC3)=CSC2=N1. The van der Waals surface area contributed by atoms with Crippen LogP contribution in [0.5, 0.6) is 0 Å². The summed E-state index contributed by atoms with van der Waals surface area (Å²) in [4.78, 5) is 37.2. The first kappa shape index (κ1) is 23.6. The number of carbonyl (C=O) groups is 2. The Kier molecular flexibility index (Phi) is 7.24. The number of rotatable bonds is 6. The van der Waals surface area contributed by atoms with Crippen LogP contribution in [0.1, 0.15) is 44.2 Å². The van der Waals surface area contributed by atoms with Gasteiger partial charge < -0.3 is 19.4 Å². The highest BCUT2D eigenvalue weighted by Crippen LogP contribution is 2.45. The first-order chi connectivity index (χ1) is 15.9. The van der Waals surface area contributed by atoms with Crippen LogP contribution in [0.3, 0.4) is 0 Å². The number of hydrogen-bond donors (Lipinski definition) is 0. The molecule has 1 unspecified atom stereocenters. The summed E-state index contributed by atoms with van der Waals surface area (Å²) in [5, 5.41) is 2.81. The van der Waals surface area contributed by atoms with E-state index in [1.54, 1.807) is 0 Å². The first-order valence-corrected chi connectivity index (χ1v) is 12.4. The van der Waals surface area contributed by atoms with Gasteiger partial charge in [0.2, 0.25) is 5.91 Å². The largest absolute Gasteiger partial charge is 0.466 e. The molecule has 1 amide bonds. The van der Waals surface area contributed by atoms with Crippen LogP contribution in [0.4, 0.5) is 0 Å². The van der Waals surface area contributed by atoms with Crippen molar-refractivity contribution in [2.24, 2.45) is 4.99 Å². The molecule has 1 fully saturated rings. The predicted octanol–water partition coefficient (Wildman–Crippen LogP) is 3.77. The average molecular weight is 469 g/mol. The number of amidine groups is 1. The molecule has 7 nitrogen and oxygen atoms in total. The third-order valence-corrected chi connectivity index (χ3v) is 7.51. The second-order valence-electron chi connectivity index (χ2n) is 8.76. The van der Waals surface area contributed by atoms with Crippen LogP contribution in [0.2, 0.25) is 0 Å². The van der Waals surface area contributed by atoms with Crippen molar-refractivity contribution in [2.45, 2.75) is 44.7 Å². The van der Waals surface area contributed by atoms with Crippen LogP contribution in [0, 0.1) is 0 Å². The lowest BCUT2D eigenvalue weighted by molar-refractivity contribution is -0.136. The van der Waals surface area contributed by atoms with Gasteiger partial charge in [-0.1, -0.05) is 49.0 Å². The van der Waals surface area contributed by atoms with E-state index >= 15 is 0 Å². The van der Waals surface area contributed by atoms with Crippen LogP contribution >= 0.6 is 11.8 Å². The lowest BCUT2D eigenvalue weighted by Crippen LogP contribution is -2.45. The van der Waals surface area contributed by atoms with Gasteiger partial charge in [0.15, 0.2) is 5.17 Å². The number of benzene rings is 1. The summed E-state index contributed by atoms with van der Waals surface area (Å²) >= 11 is 1.52. The Labute approximate surface area is 200 Å². The number of likely N-dealkylation sites (tertiary alicyclic amines) is 1. The van der Waals surface area contributed by atoms with Gasteiger partial charge in [0, 0.05) is 24.8 Å². The molecule has 0 bridgehead atoms. The van der Waals surface area contributed by atoms with E-state index < -0.39 is 0 Å². The summed E-state index contributed by atoms with van der Waals surface area (Å²) in [6.45, 7) is 3.55. The molecular formula is C25H32N4O3S. The van der Waals surface area contributed by atoms with Crippen molar-refractivity contribution in [3.63, 3.8) is 0 Å². The van der Waals surface area contributed by atoms with E-state index in [-0.39, 0.29) is 24.3 Å². The molecule has 0 aromatic heterocycles. The number of methoxy groups -OCH3 is 1. The molecule has 1 aromatic rings. The summed E-state index contributed by atoms with van der Waals surface area (Å²) in [6.07, 6.45) is 2.90. The zero-order valence-electron chi connectivity index (χ0n) is 19.8. The summed E-state index contributed by atoms with van der Waals surface area (Å²) in [6, 6.07) is 10.1. The Balaban J connectivity index is 1.60. The maximum atomic E-state index is 13.2. The van der Waals surface area contributed by atoms with Crippen LogP contribution in [0.15, 0.2) is 57.7 Å². The van der Waals surface area contributed by atoms with Crippen molar-refractivity contribution in [2.75, 3.05) is 34.3 Å². The monoisotopic (exact) mass is 468 g/mol. The van der Waals surface area contributed by atoms with Gasteiger partial charge in [-0.15, -0.1) is 0 Å². The Hall–Kier alpha value is -2.58. The van der Waals surface area contributed by atoms with Crippen molar-refractivity contribution in [3.8, 4) is 0 Å². The maximum absolute atomic E-state index is 13.2. The van der Waals surface area contributed by atoms with Gasteiger partial charge in [-0.05, 0) is 44.3 Å². The molecule has 4 rings (SSSR count). The molecule has 1 atom stereocenters. The van der Waals surface area contributed by atoms with Crippen molar-refractivity contribution >= 4 is 28.8 Å². The maximum Gasteiger partial charge on any atom is 0.338 e. The highest BCUT2D eigenvalue weighted by molar-refractivity contribution is 8.16. The number of carbonyl (C=O) groups excluding carboxylic acids is 2. The summed E-state index contributed by atoms with van der Waals surface area (Å²) in [5.41, 5.74) is 3.14. The number of hydrogen-bond acceptors (Lipinski definition) is 7.